The summed E-state index contributed by atoms with van der Waals surface area (Å²) in [7, 11) is 0. The highest BCUT2D eigenvalue weighted by atomic mass is 15.2. The molecule has 2 rings (SSSR count). The first-order valence-corrected chi connectivity index (χ1v) is 6.39. The van der Waals surface area contributed by atoms with E-state index in [0.29, 0.717) is 0 Å². The highest BCUT2D eigenvalue weighted by Gasteiger charge is 2.20. The summed E-state index contributed by atoms with van der Waals surface area (Å²) in [5, 5.41) is 3.49. The van der Waals surface area contributed by atoms with Gasteiger partial charge in [0.15, 0.2) is 0 Å². The van der Waals surface area contributed by atoms with Crippen molar-refractivity contribution in [3.63, 3.8) is 0 Å². The molecule has 1 heterocycles. The Kier molecular flexibility index (Phi) is 4.37. The lowest BCUT2D eigenvalue weighted by molar-refractivity contribution is 0.144. The maximum atomic E-state index is 3.49. The number of piperazine rings is 1. The second-order valence-corrected chi connectivity index (χ2v) is 4.60. The zero-order chi connectivity index (χ0) is 11.2. The number of hydrogen-bond acceptors (Lipinski definition) is 2. The molecule has 2 heteroatoms. The van der Waals surface area contributed by atoms with Gasteiger partial charge in [0.1, 0.15) is 0 Å². The third-order valence-electron chi connectivity index (χ3n) is 3.32. The minimum absolute atomic E-state index is 0.721. The predicted octanol–water partition coefficient (Wildman–Crippen LogP) is 2.26. The fourth-order valence-corrected chi connectivity index (χ4v) is 2.45. The third kappa shape index (κ3) is 3.06. The van der Waals surface area contributed by atoms with Crippen molar-refractivity contribution < 1.29 is 0 Å². The largest absolute Gasteiger partial charge is 0.314 e. The molecule has 88 valence electrons. The predicted molar refractivity (Wildman–Crippen MR) is 68.4 cm³/mol. The normalized spacial score (nSPS) is 22.2. The molecule has 0 aromatic heterocycles. The van der Waals surface area contributed by atoms with Crippen LogP contribution < -0.4 is 5.32 Å². The molecule has 0 spiro atoms. The summed E-state index contributed by atoms with van der Waals surface area (Å²) < 4.78 is 0. The minimum Gasteiger partial charge on any atom is -0.314 e. The standard InChI is InChI=1S/C14H22N2/c1-2-6-14-11-15-9-10-16(14)12-13-7-4-3-5-8-13/h3-5,7-8,14-15H,2,6,9-12H2,1H3. The van der Waals surface area contributed by atoms with Crippen molar-refractivity contribution in [1.29, 1.82) is 0 Å². The fourth-order valence-electron chi connectivity index (χ4n) is 2.45. The Morgan fingerprint density at radius 2 is 2.12 bits per heavy atom. The maximum absolute atomic E-state index is 3.49. The van der Waals surface area contributed by atoms with Gasteiger partial charge < -0.3 is 5.32 Å². The summed E-state index contributed by atoms with van der Waals surface area (Å²) in [6.07, 6.45) is 2.58. The van der Waals surface area contributed by atoms with E-state index in [1.807, 2.05) is 0 Å². The molecule has 0 radical (unpaired) electrons. The second-order valence-electron chi connectivity index (χ2n) is 4.60. The van der Waals surface area contributed by atoms with Crippen LogP contribution in [0.15, 0.2) is 30.3 Å². The van der Waals surface area contributed by atoms with Gasteiger partial charge in [0.25, 0.3) is 0 Å². The van der Waals surface area contributed by atoms with Gasteiger partial charge in [-0.15, -0.1) is 0 Å². The Morgan fingerprint density at radius 3 is 2.88 bits per heavy atom. The summed E-state index contributed by atoms with van der Waals surface area (Å²) in [6.45, 7) is 6.84. The number of benzene rings is 1. The van der Waals surface area contributed by atoms with Crippen molar-refractivity contribution in [3.8, 4) is 0 Å². The van der Waals surface area contributed by atoms with E-state index in [1.54, 1.807) is 0 Å². The highest BCUT2D eigenvalue weighted by molar-refractivity contribution is 5.14. The fraction of sp³-hybridized carbons (Fsp3) is 0.571. The lowest BCUT2D eigenvalue weighted by Gasteiger charge is -2.36. The van der Waals surface area contributed by atoms with E-state index in [2.05, 4.69) is 47.5 Å². The Bertz CT molecular complexity index is 295. The molecule has 0 bridgehead atoms. The SMILES string of the molecule is CCCC1CNCCN1Cc1ccccc1. The van der Waals surface area contributed by atoms with Crippen molar-refractivity contribution in [3.05, 3.63) is 35.9 Å². The molecular formula is C14H22N2. The number of nitrogens with one attached hydrogen (secondary N) is 1. The average Bonchev–Trinajstić information content (AvgIpc) is 2.33. The van der Waals surface area contributed by atoms with Crippen LogP contribution in [0.3, 0.4) is 0 Å². The summed E-state index contributed by atoms with van der Waals surface area (Å²) in [5.41, 5.74) is 1.44. The first kappa shape index (κ1) is 11.6. The zero-order valence-electron chi connectivity index (χ0n) is 10.2. The van der Waals surface area contributed by atoms with Crippen LogP contribution in [0.25, 0.3) is 0 Å². The Labute approximate surface area is 98.7 Å². The van der Waals surface area contributed by atoms with Crippen LogP contribution in [0, 0.1) is 0 Å². The Balaban J connectivity index is 1.96. The van der Waals surface area contributed by atoms with Gasteiger partial charge in [-0.3, -0.25) is 4.90 Å². The molecule has 2 nitrogen and oxygen atoms in total. The lowest BCUT2D eigenvalue weighted by Crippen LogP contribution is -2.50. The van der Waals surface area contributed by atoms with Crippen molar-refractivity contribution in [1.82, 2.24) is 10.2 Å². The van der Waals surface area contributed by atoms with E-state index in [9.17, 15) is 0 Å². The topological polar surface area (TPSA) is 15.3 Å². The molecule has 16 heavy (non-hydrogen) atoms. The van der Waals surface area contributed by atoms with Crippen LogP contribution in [-0.2, 0) is 6.54 Å². The summed E-state index contributed by atoms with van der Waals surface area (Å²) in [4.78, 5) is 2.62. The quantitative estimate of drug-likeness (QED) is 0.834. The van der Waals surface area contributed by atoms with E-state index >= 15 is 0 Å². The number of rotatable bonds is 4. The zero-order valence-corrected chi connectivity index (χ0v) is 10.2. The second kappa shape index (κ2) is 6.02. The Hall–Kier alpha value is -0.860. The molecule has 1 aliphatic heterocycles. The summed E-state index contributed by atoms with van der Waals surface area (Å²) >= 11 is 0. The summed E-state index contributed by atoms with van der Waals surface area (Å²) in [5.74, 6) is 0. The molecule has 1 aliphatic rings. The molecule has 0 saturated carbocycles. The van der Waals surface area contributed by atoms with Gasteiger partial charge in [-0.2, -0.15) is 0 Å². The van der Waals surface area contributed by atoms with Gasteiger partial charge in [-0.25, -0.2) is 0 Å². The van der Waals surface area contributed by atoms with Crippen molar-refractivity contribution >= 4 is 0 Å². The number of nitrogens with zero attached hydrogens (tertiary/aromatic N) is 1. The summed E-state index contributed by atoms with van der Waals surface area (Å²) in [6, 6.07) is 11.5. The number of hydrogen-bond donors (Lipinski definition) is 1. The van der Waals surface area contributed by atoms with Crippen LogP contribution in [0.1, 0.15) is 25.3 Å². The van der Waals surface area contributed by atoms with Crippen LogP contribution in [0.2, 0.25) is 0 Å². The van der Waals surface area contributed by atoms with Gasteiger partial charge in [0, 0.05) is 32.2 Å². The molecule has 1 saturated heterocycles. The maximum Gasteiger partial charge on any atom is 0.0237 e. The van der Waals surface area contributed by atoms with Gasteiger partial charge in [-0.1, -0.05) is 43.7 Å². The molecule has 0 amide bonds. The van der Waals surface area contributed by atoms with Crippen molar-refractivity contribution in [2.45, 2.75) is 32.4 Å². The van der Waals surface area contributed by atoms with E-state index in [0.717, 1.165) is 25.7 Å². The molecule has 1 N–H and O–H groups in total. The third-order valence-corrected chi connectivity index (χ3v) is 3.32. The molecule has 1 fully saturated rings. The van der Waals surface area contributed by atoms with Crippen LogP contribution >= 0.6 is 0 Å². The average molecular weight is 218 g/mol. The monoisotopic (exact) mass is 218 g/mol. The minimum atomic E-state index is 0.721. The van der Waals surface area contributed by atoms with Gasteiger partial charge >= 0.3 is 0 Å². The molecule has 1 aromatic rings. The van der Waals surface area contributed by atoms with Crippen molar-refractivity contribution in [2.75, 3.05) is 19.6 Å². The molecule has 1 aromatic carbocycles. The first-order chi connectivity index (χ1) is 7.90. The Morgan fingerprint density at radius 1 is 1.31 bits per heavy atom. The molecular weight excluding hydrogens is 196 g/mol. The molecule has 1 atom stereocenters. The van der Waals surface area contributed by atoms with Gasteiger partial charge in [0.05, 0.1) is 0 Å². The highest BCUT2D eigenvalue weighted by Crippen LogP contribution is 2.13. The van der Waals surface area contributed by atoms with Crippen LogP contribution in [-0.4, -0.2) is 30.6 Å². The smallest absolute Gasteiger partial charge is 0.0237 e. The molecule has 1 unspecified atom stereocenters. The van der Waals surface area contributed by atoms with Crippen LogP contribution in [0.5, 0.6) is 0 Å². The lowest BCUT2D eigenvalue weighted by atomic mass is 10.1. The molecule has 0 aliphatic carbocycles. The van der Waals surface area contributed by atoms with Crippen LogP contribution in [0.4, 0.5) is 0 Å². The van der Waals surface area contributed by atoms with Gasteiger partial charge in [-0.05, 0) is 12.0 Å². The van der Waals surface area contributed by atoms with Gasteiger partial charge in [0.2, 0.25) is 0 Å². The van der Waals surface area contributed by atoms with Crippen molar-refractivity contribution in [2.24, 2.45) is 0 Å². The van der Waals surface area contributed by atoms with E-state index in [1.165, 1.54) is 24.9 Å². The van der Waals surface area contributed by atoms with E-state index < -0.39 is 0 Å². The first-order valence-electron chi connectivity index (χ1n) is 6.39. The van der Waals surface area contributed by atoms with E-state index in [-0.39, 0.29) is 0 Å². The van der Waals surface area contributed by atoms with E-state index in [4.69, 9.17) is 0 Å².